The molecular formula is C9H9ClOS. The molecule has 0 heterocycles. The van der Waals surface area contributed by atoms with Crippen LogP contribution in [0.25, 0.3) is 0 Å². The molecule has 0 saturated heterocycles. The molecule has 0 N–H and O–H groups in total. The molecule has 0 aliphatic carbocycles. The molecule has 3 heteroatoms. The highest BCUT2D eigenvalue weighted by Gasteiger charge is 2.00. The third kappa shape index (κ3) is 2.26. The van der Waals surface area contributed by atoms with E-state index in [9.17, 15) is 4.79 Å². The first-order valence-corrected chi connectivity index (χ1v) is 5.14. The minimum atomic E-state index is 0.441. The van der Waals surface area contributed by atoms with Crippen molar-refractivity contribution in [2.45, 2.75) is 11.3 Å². The van der Waals surface area contributed by atoms with Gasteiger partial charge in [-0.25, -0.2) is 0 Å². The second-order valence-electron chi connectivity index (χ2n) is 2.33. The molecule has 1 rings (SSSR count). The topological polar surface area (TPSA) is 17.1 Å². The first-order chi connectivity index (χ1) is 5.77. The van der Waals surface area contributed by atoms with Gasteiger partial charge in [-0.15, -0.1) is 11.8 Å². The van der Waals surface area contributed by atoms with Crippen molar-refractivity contribution in [1.82, 2.24) is 0 Å². The Balaban J connectivity index is 3.03. The molecule has 0 aliphatic rings. The average Bonchev–Trinajstić information content (AvgIpc) is 2.05. The van der Waals surface area contributed by atoms with Crippen LogP contribution in [0.4, 0.5) is 0 Å². The van der Waals surface area contributed by atoms with E-state index in [-0.39, 0.29) is 0 Å². The van der Waals surface area contributed by atoms with Gasteiger partial charge in [0.2, 0.25) is 0 Å². The van der Waals surface area contributed by atoms with Crippen molar-refractivity contribution in [3.05, 3.63) is 28.8 Å². The lowest BCUT2D eigenvalue weighted by molar-refractivity contribution is -0.107. The molecule has 0 saturated carbocycles. The van der Waals surface area contributed by atoms with E-state index in [2.05, 4.69) is 0 Å². The summed E-state index contributed by atoms with van der Waals surface area (Å²) in [6.07, 6.45) is 3.32. The van der Waals surface area contributed by atoms with Crippen molar-refractivity contribution in [3.63, 3.8) is 0 Å². The maximum atomic E-state index is 10.3. The van der Waals surface area contributed by atoms with Crippen LogP contribution in [-0.2, 0) is 11.2 Å². The van der Waals surface area contributed by atoms with Crippen molar-refractivity contribution in [3.8, 4) is 0 Å². The van der Waals surface area contributed by atoms with Gasteiger partial charge in [0.05, 0.1) is 0 Å². The van der Waals surface area contributed by atoms with Crippen molar-refractivity contribution >= 4 is 29.6 Å². The zero-order valence-electron chi connectivity index (χ0n) is 6.71. The Hall–Kier alpha value is -0.470. The van der Waals surface area contributed by atoms with Gasteiger partial charge in [-0.1, -0.05) is 11.6 Å². The van der Waals surface area contributed by atoms with Crippen LogP contribution in [0.2, 0.25) is 5.02 Å². The number of hydrogen-bond donors (Lipinski definition) is 0. The molecule has 0 aromatic heterocycles. The first kappa shape index (κ1) is 9.62. The third-order valence-electron chi connectivity index (χ3n) is 1.55. The highest BCUT2D eigenvalue weighted by molar-refractivity contribution is 7.98. The van der Waals surface area contributed by atoms with Gasteiger partial charge < -0.3 is 4.79 Å². The fourth-order valence-electron chi connectivity index (χ4n) is 0.996. The molecule has 0 fully saturated rings. The molecule has 1 aromatic rings. The van der Waals surface area contributed by atoms with Crippen molar-refractivity contribution < 1.29 is 4.79 Å². The van der Waals surface area contributed by atoms with Crippen LogP contribution in [0.15, 0.2) is 23.1 Å². The molecule has 12 heavy (non-hydrogen) atoms. The lowest BCUT2D eigenvalue weighted by atomic mass is 10.2. The molecule has 0 unspecified atom stereocenters. The minimum absolute atomic E-state index is 0.441. The van der Waals surface area contributed by atoms with Gasteiger partial charge in [-0.3, -0.25) is 0 Å². The SMILES string of the molecule is CSc1ccc(Cl)cc1CC=O. The average molecular weight is 201 g/mol. The summed E-state index contributed by atoms with van der Waals surface area (Å²) in [4.78, 5) is 11.4. The monoisotopic (exact) mass is 200 g/mol. The summed E-state index contributed by atoms with van der Waals surface area (Å²) in [5.74, 6) is 0. The number of benzene rings is 1. The first-order valence-electron chi connectivity index (χ1n) is 3.54. The van der Waals surface area contributed by atoms with E-state index in [4.69, 9.17) is 11.6 Å². The second-order valence-corrected chi connectivity index (χ2v) is 3.61. The molecule has 0 atom stereocenters. The number of aldehydes is 1. The number of thioether (sulfide) groups is 1. The highest BCUT2D eigenvalue weighted by atomic mass is 35.5. The summed E-state index contributed by atoms with van der Waals surface area (Å²) in [7, 11) is 0. The van der Waals surface area contributed by atoms with Crippen molar-refractivity contribution in [2.24, 2.45) is 0 Å². The fourth-order valence-corrected chi connectivity index (χ4v) is 1.80. The summed E-state index contributed by atoms with van der Waals surface area (Å²) in [5, 5.41) is 0.685. The molecule has 0 aliphatic heterocycles. The highest BCUT2D eigenvalue weighted by Crippen LogP contribution is 2.23. The van der Waals surface area contributed by atoms with Crippen molar-refractivity contribution in [1.29, 1.82) is 0 Å². The standard InChI is InChI=1S/C9H9ClOS/c1-12-9-3-2-8(10)6-7(9)4-5-11/h2-3,5-6H,4H2,1H3. The van der Waals surface area contributed by atoms with Gasteiger partial charge in [-0.2, -0.15) is 0 Å². The van der Waals surface area contributed by atoms with Crippen LogP contribution in [0.1, 0.15) is 5.56 Å². The van der Waals surface area contributed by atoms with E-state index >= 15 is 0 Å². The largest absolute Gasteiger partial charge is 0.303 e. The number of carbonyl (C=O) groups excluding carboxylic acids is 1. The quantitative estimate of drug-likeness (QED) is 0.552. The summed E-state index contributed by atoms with van der Waals surface area (Å²) in [5.41, 5.74) is 1.00. The zero-order valence-corrected chi connectivity index (χ0v) is 8.28. The lowest BCUT2D eigenvalue weighted by Crippen LogP contribution is -1.88. The zero-order chi connectivity index (χ0) is 8.97. The number of hydrogen-bond acceptors (Lipinski definition) is 2. The minimum Gasteiger partial charge on any atom is -0.303 e. The summed E-state index contributed by atoms with van der Waals surface area (Å²) >= 11 is 7.41. The summed E-state index contributed by atoms with van der Waals surface area (Å²) in [6.45, 7) is 0. The van der Waals surface area contributed by atoms with E-state index in [0.29, 0.717) is 11.4 Å². The Morgan fingerprint density at radius 3 is 2.92 bits per heavy atom. The van der Waals surface area contributed by atoms with Gasteiger partial charge in [0, 0.05) is 16.3 Å². The summed E-state index contributed by atoms with van der Waals surface area (Å²) in [6, 6.07) is 5.61. The van der Waals surface area contributed by atoms with Gasteiger partial charge in [0.15, 0.2) is 0 Å². The predicted octanol–water partition coefficient (Wildman–Crippen LogP) is 2.80. The molecule has 64 valence electrons. The predicted molar refractivity (Wildman–Crippen MR) is 53.0 cm³/mol. The molecular weight excluding hydrogens is 192 g/mol. The maximum absolute atomic E-state index is 10.3. The van der Waals surface area contributed by atoms with Gasteiger partial charge in [0.1, 0.15) is 6.29 Å². The molecule has 1 aromatic carbocycles. The molecule has 0 bridgehead atoms. The second kappa shape index (κ2) is 4.53. The molecule has 1 nitrogen and oxygen atoms in total. The van der Waals surface area contributed by atoms with Crippen LogP contribution in [0.3, 0.4) is 0 Å². The maximum Gasteiger partial charge on any atom is 0.124 e. The van der Waals surface area contributed by atoms with E-state index in [1.54, 1.807) is 11.8 Å². The Morgan fingerprint density at radius 2 is 2.33 bits per heavy atom. The number of carbonyl (C=O) groups is 1. The van der Waals surface area contributed by atoms with E-state index in [1.165, 1.54) is 0 Å². The Morgan fingerprint density at radius 1 is 1.58 bits per heavy atom. The number of halogens is 1. The van der Waals surface area contributed by atoms with E-state index in [1.807, 2.05) is 24.5 Å². The molecule has 0 amide bonds. The smallest absolute Gasteiger partial charge is 0.124 e. The van der Waals surface area contributed by atoms with Gasteiger partial charge >= 0.3 is 0 Å². The van der Waals surface area contributed by atoms with Gasteiger partial charge in [0.25, 0.3) is 0 Å². The number of rotatable bonds is 3. The fraction of sp³-hybridized carbons (Fsp3) is 0.222. The van der Waals surface area contributed by atoms with Crippen molar-refractivity contribution in [2.75, 3.05) is 6.26 Å². The molecule has 0 spiro atoms. The Bertz CT molecular complexity index is 286. The van der Waals surface area contributed by atoms with E-state index in [0.717, 1.165) is 16.7 Å². The van der Waals surface area contributed by atoms with Crippen LogP contribution in [-0.4, -0.2) is 12.5 Å². The van der Waals surface area contributed by atoms with Crippen LogP contribution in [0, 0.1) is 0 Å². The Labute approximate surface area is 81.1 Å². The van der Waals surface area contributed by atoms with Gasteiger partial charge in [-0.05, 0) is 30.0 Å². The Kier molecular flexibility index (Phi) is 3.63. The molecule has 0 radical (unpaired) electrons. The van der Waals surface area contributed by atoms with Crippen LogP contribution < -0.4 is 0 Å². The summed E-state index contributed by atoms with van der Waals surface area (Å²) < 4.78 is 0. The third-order valence-corrected chi connectivity index (χ3v) is 2.62. The van der Waals surface area contributed by atoms with E-state index < -0.39 is 0 Å². The normalized spacial score (nSPS) is 9.83. The lowest BCUT2D eigenvalue weighted by Gasteiger charge is -2.03. The van der Waals surface area contributed by atoms with Crippen LogP contribution >= 0.6 is 23.4 Å². The van der Waals surface area contributed by atoms with Crippen LogP contribution in [0.5, 0.6) is 0 Å².